The summed E-state index contributed by atoms with van der Waals surface area (Å²) in [4.78, 5) is 12.0. The molecule has 0 aliphatic carbocycles. The lowest BCUT2D eigenvalue weighted by Crippen LogP contribution is -2.19. The van der Waals surface area contributed by atoms with Gasteiger partial charge < -0.3 is 4.57 Å². The van der Waals surface area contributed by atoms with Crippen molar-refractivity contribution in [3.63, 3.8) is 0 Å². The fraction of sp³-hybridized carbons (Fsp3) is 0.143. The summed E-state index contributed by atoms with van der Waals surface area (Å²) in [5, 5.41) is 13.1. The van der Waals surface area contributed by atoms with E-state index in [-0.39, 0.29) is 11.7 Å². The van der Waals surface area contributed by atoms with Gasteiger partial charge in [0.25, 0.3) is 5.91 Å². The minimum atomic E-state index is -0.193. The smallest absolute Gasteiger partial charge is 0.250 e. The van der Waals surface area contributed by atoms with Gasteiger partial charge in [-0.3, -0.25) is 4.79 Å². The molecular weight excluding hydrogens is 370 g/mol. The summed E-state index contributed by atoms with van der Waals surface area (Å²) in [6.45, 7) is 2.76. The normalized spacial score (nSPS) is 11.3. The second-order valence-electron chi connectivity index (χ2n) is 5.79. The summed E-state index contributed by atoms with van der Waals surface area (Å²) < 4.78 is 2.00. The molecule has 142 valence electrons. The van der Waals surface area contributed by atoms with E-state index in [0.29, 0.717) is 5.16 Å². The summed E-state index contributed by atoms with van der Waals surface area (Å²) in [6, 6.07) is 19.8. The van der Waals surface area contributed by atoms with Crippen LogP contribution in [0.2, 0.25) is 0 Å². The maximum absolute atomic E-state index is 12.0. The Morgan fingerprint density at radius 2 is 1.82 bits per heavy atom. The van der Waals surface area contributed by atoms with Crippen molar-refractivity contribution in [3.8, 4) is 11.4 Å². The van der Waals surface area contributed by atoms with E-state index >= 15 is 0 Å². The lowest BCUT2D eigenvalue weighted by Gasteiger charge is -2.06. The molecule has 0 radical (unpaired) electrons. The predicted octanol–water partition coefficient (Wildman–Crippen LogP) is 3.87. The third kappa shape index (κ3) is 5.40. The molecule has 1 heterocycles. The quantitative estimate of drug-likeness (QED) is 0.359. The number of carbonyl (C=O) groups excluding carboxylic acids is 1. The largest absolute Gasteiger partial charge is 0.302 e. The molecule has 1 amide bonds. The third-order valence-corrected chi connectivity index (χ3v) is 4.80. The molecule has 3 aromatic rings. The molecule has 7 heteroatoms. The Morgan fingerprint density at radius 3 is 2.54 bits per heavy atom. The molecule has 0 aliphatic rings. The maximum atomic E-state index is 12.0. The predicted molar refractivity (Wildman–Crippen MR) is 114 cm³/mol. The Kier molecular flexibility index (Phi) is 7.14. The van der Waals surface area contributed by atoms with Crippen LogP contribution in [0.1, 0.15) is 12.5 Å². The summed E-state index contributed by atoms with van der Waals surface area (Å²) in [6.07, 6.45) is 5.25. The van der Waals surface area contributed by atoms with Crippen LogP contribution in [0, 0.1) is 0 Å². The molecule has 1 N–H and O–H groups in total. The standard InChI is InChI=1S/C21H21N5OS/c1-2-26-20(18-13-7-4-8-14-18)24-25-21(26)28-16-19(27)23-22-15-9-12-17-10-5-3-6-11-17/h3-15H,2,16H2,1H3,(H,23,27). The minimum Gasteiger partial charge on any atom is -0.302 e. The number of carbonyl (C=O) groups is 1. The van der Waals surface area contributed by atoms with E-state index in [4.69, 9.17) is 0 Å². The van der Waals surface area contributed by atoms with Crippen LogP contribution in [0.4, 0.5) is 0 Å². The van der Waals surface area contributed by atoms with Gasteiger partial charge >= 0.3 is 0 Å². The average Bonchev–Trinajstić information content (AvgIpc) is 3.16. The second-order valence-corrected chi connectivity index (χ2v) is 6.73. The number of nitrogens with one attached hydrogen (secondary N) is 1. The number of aromatic nitrogens is 3. The molecular formula is C21H21N5OS. The number of hydrogen-bond acceptors (Lipinski definition) is 5. The Bertz CT molecular complexity index is 951. The van der Waals surface area contributed by atoms with Crippen LogP contribution < -0.4 is 5.43 Å². The summed E-state index contributed by atoms with van der Waals surface area (Å²) in [5.74, 6) is 0.823. The number of hydrazone groups is 1. The van der Waals surface area contributed by atoms with Crippen molar-refractivity contribution in [1.29, 1.82) is 0 Å². The zero-order valence-corrected chi connectivity index (χ0v) is 16.3. The molecule has 0 spiro atoms. The zero-order chi connectivity index (χ0) is 19.6. The molecule has 0 atom stereocenters. The molecule has 1 aromatic heterocycles. The molecule has 0 aliphatic heterocycles. The molecule has 2 aromatic carbocycles. The zero-order valence-electron chi connectivity index (χ0n) is 15.5. The monoisotopic (exact) mass is 391 g/mol. The lowest BCUT2D eigenvalue weighted by molar-refractivity contribution is -0.118. The van der Waals surface area contributed by atoms with Gasteiger partial charge in [0.2, 0.25) is 0 Å². The van der Waals surface area contributed by atoms with E-state index in [1.54, 1.807) is 12.3 Å². The van der Waals surface area contributed by atoms with Gasteiger partial charge in [-0.15, -0.1) is 10.2 Å². The van der Waals surface area contributed by atoms with Gasteiger partial charge in [0.1, 0.15) is 0 Å². The van der Waals surface area contributed by atoms with Crippen molar-refractivity contribution in [2.75, 3.05) is 5.75 Å². The number of rotatable bonds is 8. The Balaban J connectivity index is 1.51. The van der Waals surface area contributed by atoms with E-state index in [2.05, 4.69) is 20.7 Å². The van der Waals surface area contributed by atoms with Gasteiger partial charge in [-0.2, -0.15) is 5.10 Å². The van der Waals surface area contributed by atoms with Gasteiger partial charge in [-0.1, -0.05) is 78.5 Å². The fourth-order valence-corrected chi connectivity index (χ4v) is 3.31. The van der Waals surface area contributed by atoms with Crippen LogP contribution >= 0.6 is 11.8 Å². The van der Waals surface area contributed by atoms with Gasteiger partial charge in [-0.05, 0) is 18.6 Å². The number of thioether (sulfide) groups is 1. The van der Waals surface area contributed by atoms with Crippen molar-refractivity contribution >= 4 is 30.0 Å². The highest BCUT2D eigenvalue weighted by molar-refractivity contribution is 7.99. The van der Waals surface area contributed by atoms with E-state index in [1.165, 1.54) is 11.8 Å². The minimum absolute atomic E-state index is 0.193. The number of allylic oxidation sites excluding steroid dienone is 1. The number of hydrogen-bond donors (Lipinski definition) is 1. The topological polar surface area (TPSA) is 72.2 Å². The highest BCUT2D eigenvalue weighted by atomic mass is 32.2. The van der Waals surface area contributed by atoms with Crippen LogP contribution in [0.15, 0.2) is 77.0 Å². The third-order valence-electron chi connectivity index (χ3n) is 3.84. The van der Waals surface area contributed by atoms with E-state index in [0.717, 1.165) is 23.5 Å². The first-order valence-corrected chi connectivity index (χ1v) is 9.91. The van der Waals surface area contributed by atoms with Crippen molar-refractivity contribution < 1.29 is 4.79 Å². The fourth-order valence-electron chi connectivity index (χ4n) is 2.51. The van der Waals surface area contributed by atoms with Gasteiger partial charge in [0, 0.05) is 18.3 Å². The molecule has 0 fully saturated rings. The second kappa shape index (κ2) is 10.2. The Morgan fingerprint density at radius 1 is 1.11 bits per heavy atom. The molecule has 0 saturated heterocycles. The highest BCUT2D eigenvalue weighted by Gasteiger charge is 2.14. The maximum Gasteiger partial charge on any atom is 0.250 e. The van der Waals surface area contributed by atoms with Gasteiger partial charge in [-0.25, -0.2) is 5.43 Å². The van der Waals surface area contributed by atoms with Crippen molar-refractivity contribution in [3.05, 3.63) is 72.3 Å². The molecule has 6 nitrogen and oxygen atoms in total. The highest BCUT2D eigenvalue weighted by Crippen LogP contribution is 2.23. The molecule has 0 unspecified atom stereocenters. The van der Waals surface area contributed by atoms with Crippen molar-refractivity contribution in [2.45, 2.75) is 18.6 Å². The molecule has 0 saturated carbocycles. The summed E-state index contributed by atoms with van der Waals surface area (Å²) in [7, 11) is 0. The van der Waals surface area contributed by atoms with Crippen molar-refractivity contribution in [1.82, 2.24) is 20.2 Å². The Hall–Kier alpha value is -3.19. The molecule has 0 bridgehead atoms. The van der Waals surface area contributed by atoms with E-state index in [1.807, 2.05) is 78.2 Å². The Labute approximate surface area is 168 Å². The summed E-state index contributed by atoms with van der Waals surface area (Å²) >= 11 is 1.34. The number of amides is 1. The van der Waals surface area contributed by atoms with E-state index < -0.39 is 0 Å². The molecule has 3 rings (SSSR count). The first-order chi connectivity index (χ1) is 13.8. The van der Waals surface area contributed by atoms with Gasteiger partial charge in [0.05, 0.1) is 5.75 Å². The number of benzene rings is 2. The average molecular weight is 392 g/mol. The van der Waals surface area contributed by atoms with Crippen LogP contribution in [0.5, 0.6) is 0 Å². The van der Waals surface area contributed by atoms with Crippen LogP contribution in [0.3, 0.4) is 0 Å². The first kappa shape index (κ1) is 19.6. The van der Waals surface area contributed by atoms with Crippen LogP contribution in [0.25, 0.3) is 17.5 Å². The van der Waals surface area contributed by atoms with Crippen molar-refractivity contribution in [2.24, 2.45) is 5.10 Å². The SMILES string of the molecule is CCn1c(SCC(=O)NN=CC=Cc2ccccc2)nnc1-c1ccccc1. The lowest BCUT2D eigenvalue weighted by atomic mass is 10.2. The van der Waals surface area contributed by atoms with Crippen LogP contribution in [-0.4, -0.2) is 32.6 Å². The van der Waals surface area contributed by atoms with Gasteiger partial charge in [0.15, 0.2) is 11.0 Å². The molecule has 28 heavy (non-hydrogen) atoms. The summed E-state index contributed by atoms with van der Waals surface area (Å²) in [5.41, 5.74) is 4.59. The van der Waals surface area contributed by atoms with E-state index in [9.17, 15) is 4.79 Å². The van der Waals surface area contributed by atoms with Crippen LogP contribution in [-0.2, 0) is 11.3 Å². The first-order valence-electron chi connectivity index (χ1n) is 8.93. The number of nitrogens with zero attached hydrogens (tertiary/aromatic N) is 4.